The van der Waals surface area contributed by atoms with Gasteiger partial charge in [-0.1, -0.05) is 12.1 Å². The summed E-state index contributed by atoms with van der Waals surface area (Å²) >= 11 is 1.56. The van der Waals surface area contributed by atoms with Gasteiger partial charge in [0.15, 0.2) is 0 Å². The first-order chi connectivity index (χ1) is 9.38. The van der Waals surface area contributed by atoms with E-state index in [1.165, 1.54) is 12.1 Å². The van der Waals surface area contributed by atoms with E-state index in [-0.39, 0.29) is 17.0 Å². The number of hydrogen-bond acceptors (Lipinski definition) is 5. The standard InChI is InChI=1S/C13H17N3O2S2/c1-9(16-10(2)13-7-19-8-15-13)11-3-5-12(6-4-11)20(14,17)18/h3-10,16H,1-2H3,(H2,14,17,18). The third-order valence-electron chi connectivity index (χ3n) is 3.10. The van der Waals surface area contributed by atoms with Crippen LogP contribution in [0, 0.1) is 0 Å². The van der Waals surface area contributed by atoms with Crippen molar-refractivity contribution in [3.63, 3.8) is 0 Å². The number of hydrogen-bond donors (Lipinski definition) is 2. The Kier molecular flexibility index (Phi) is 4.54. The lowest BCUT2D eigenvalue weighted by Gasteiger charge is -2.19. The summed E-state index contributed by atoms with van der Waals surface area (Å²) in [6.45, 7) is 4.07. The number of nitrogens with one attached hydrogen (secondary N) is 1. The molecule has 0 saturated carbocycles. The van der Waals surface area contributed by atoms with Crippen LogP contribution in [0.5, 0.6) is 0 Å². The summed E-state index contributed by atoms with van der Waals surface area (Å²) in [4.78, 5) is 4.40. The molecule has 0 saturated heterocycles. The van der Waals surface area contributed by atoms with Crippen LogP contribution in [-0.4, -0.2) is 13.4 Å². The molecule has 7 heteroatoms. The van der Waals surface area contributed by atoms with Gasteiger partial charge in [0.05, 0.1) is 16.1 Å². The highest BCUT2D eigenvalue weighted by atomic mass is 32.2. The van der Waals surface area contributed by atoms with E-state index in [0.717, 1.165) is 11.3 Å². The number of primary sulfonamides is 1. The largest absolute Gasteiger partial charge is 0.302 e. The van der Waals surface area contributed by atoms with Gasteiger partial charge in [-0.3, -0.25) is 0 Å². The van der Waals surface area contributed by atoms with E-state index in [2.05, 4.69) is 10.3 Å². The van der Waals surface area contributed by atoms with Gasteiger partial charge in [-0.2, -0.15) is 0 Å². The maximum atomic E-state index is 11.2. The molecule has 2 aromatic rings. The van der Waals surface area contributed by atoms with E-state index < -0.39 is 10.0 Å². The van der Waals surface area contributed by atoms with Crippen LogP contribution < -0.4 is 10.5 Å². The minimum absolute atomic E-state index is 0.0845. The molecule has 0 bridgehead atoms. The minimum atomic E-state index is -3.63. The maximum Gasteiger partial charge on any atom is 0.238 e. The van der Waals surface area contributed by atoms with Crippen molar-refractivity contribution in [2.24, 2.45) is 5.14 Å². The molecule has 0 spiro atoms. The second-order valence-corrected chi connectivity index (χ2v) is 6.92. The second kappa shape index (κ2) is 6.01. The van der Waals surface area contributed by atoms with Gasteiger partial charge in [-0.15, -0.1) is 11.3 Å². The Balaban J connectivity index is 2.08. The van der Waals surface area contributed by atoms with Crippen molar-refractivity contribution in [1.29, 1.82) is 0 Å². The summed E-state index contributed by atoms with van der Waals surface area (Å²) in [5, 5.41) is 10.5. The Labute approximate surface area is 122 Å². The van der Waals surface area contributed by atoms with Gasteiger partial charge in [0, 0.05) is 17.5 Å². The fourth-order valence-corrected chi connectivity index (χ4v) is 3.10. The zero-order valence-corrected chi connectivity index (χ0v) is 12.9. The molecule has 3 N–H and O–H groups in total. The van der Waals surface area contributed by atoms with Crippen molar-refractivity contribution in [1.82, 2.24) is 10.3 Å². The topological polar surface area (TPSA) is 85.1 Å². The van der Waals surface area contributed by atoms with Crippen molar-refractivity contribution < 1.29 is 8.42 Å². The predicted molar refractivity (Wildman–Crippen MR) is 79.9 cm³/mol. The fraction of sp³-hybridized carbons (Fsp3) is 0.308. The Morgan fingerprint density at radius 1 is 1.20 bits per heavy atom. The van der Waals surface area contributed by atoms with Gasteiger partial charge in [0.1, 0.15) is 0 Å². The van der Waals surface area contributed by atoms with Gasteiger partial charge in [-0.05, 0) is 31.5 Å². The Morgan fingerprint density at radius 2 is 1.85 bits per heavy atom. The van der Waals surface area contributed by atoms with Crippen molar-refractivity contribution in [3.8, 4) is 0 Å². The molecule has 5 nitrogen and oxygen atoms in total. The Bertz CT molecular complexity index is 651. The molecule has 0 aliphatic carbocycles. The third kappa shape index (κ3) is 3.63. The lowest BCUT2D eigenvalue weighted by atomic mass is 10.1. The zero-order valence-electron chi connectivity index (χ0n) is 11.3. The van der Waals surface area contributed by atoms with Crippen LogP contribution >= 0.6 is 11.3 Å². The molecule has 1 aromatic carbocycles. The quantitative estimate of drug-likeness (QED) is 0.886. The molecule has 2 atom stereocenters. The third-order valence-corrected chi connectivity index (χ3v) is 4.64. The molecular formula is C13H17N3O2S2. The summed E-state index contributed by atoms with van der Waals surface area (Å²) in [6.07, 6.45) is 0. The highest BCUT2D eigenvalue weighted by molar-refractivity contribution is 7.89. The molecule has 0 radical (unpaired) electrons. The molecule has 20 heavy (non-hydrogen) atoms. The van der Waals surface area contributed by atoms with Crippen molar-refractivity contribution >= 4 is 21.4 Å². The number of rotatable bonds is 5. The van der Waals surface area contributed by atoms with Gasteiger partial charge in [0.2, 0.25) is 10.0 Å². The Morgan fingerprint density at radius 3 is 2.35 bits per heavy atom. The maximum absolute atomic E-state index is 11.2. The first kappa shape index (κ1) is 15.1. The normalized spacial score (nSPS) is 14.9. The number of thiazole rings is 1. The highest BCUT2D eigenvalue weighted by Gasteiger charge is 2.13. The van der Waals surface area contributed by atoms with E-state index in [1.54, 1.807) is 29.0 Å². The number of benzene rings is 1. The summed E-state index contributed by atoms with van der Waals surface area (Å²) in [5.74, 6) is 0. The van der Waals surface area contributed by atoms with Crippen molar-refractivity contribution in [2.75, 3.05) is 0 Å². The average molecular weight is 311 g/mol. The fourth-order valence-electron chi connectivity index (χ4n) is 1.94. The van der Waals surface area contributed by atoms with E-state index in [9.17, 15) is 8.42 Å². The lowest BCUT2D eigenvalue weighted by molar-refractivity contribution is 0.487. The monoisotopic (exact) mass is 311 g/mol. The number of aromatic nitrogens is 1. The molecule has 0 aliphatic heterocycles. The van der Waals surface area contributed by atoms with E-state index in [0.29, 0.717) is 0 Å². The molecule has 0 amide bonds. The van der Waals surface area contributed by atoms with Crippen LogP contribution in [0.15, 0.2) is 40.1 Å². The molecular weight excluding hydrogens is 294 g/mol. The smallest absolute Gasteiger partial charge is 0.238 e. The zero-order chi connectivity index (χ0) is 14.8. The van der Waals surface area contributed by atoms with Crippen LogP contribution in [0.4, 0.5) is 0 Å². The van der Waals surface area contributed by atoms with Crippen molar-refractivity contribution in [2.45, 2.75) is 30.8 Å². The predicted octanol–water partition coefficient (Wildman–Crippen LogP) is 2.20. The van der Waals surface area contributed by atoms with Crippen molar-refractivity contribution in [3.05, 3.63) is 46.4 Å². The molecule has 1 aromatic heterocycles. The van der Waals surface area contributed by atoms with Gasteiger partial charge in [0.25, 0.3) is 0 Å². The molecule has 2 rings (SSSR count). The van der Waals surface area contributed by atoms with Gasteiger partial charge < -0.3 is 5.32 Å². The lowest BCUT2D eigenvalue weighted by Crippen LogP contribution is -2.22. The molecule has 1 heterocycles. The number of nitrogens with two attached hydrogens (primary N) is 1. The number of sulfonamides is 1. The molecule has 0 aliphatic rings. The van der Waals surface area contributed by atoms with Crippen LogP contribution in [-0.2, 0) is 10.0 Å². The van der Waals surface area contributed by atoms with Gasteiger partial charge >= 0.3 is 0 Å². The molecule has 0 fully saturated rings. The summed E-state index contributed by atoms with van der Waals surface area (Å²) in [5.41, 5.74) is 3.81. The number of nitrogens with zero attached hydrogens (tertiary/aromatic N) is 1. The average Bonchev–Trinajstić information content (AvgIpc) is 2.91. The summed E-state index contributed by atoms with van der Waals surface area (Å²) in [7, 11) is -3.63. The second-order valence-electron chi connectivity index (χ2n) is 4.64. The first-order valence-electron chi connectivity index (χ1n) is 6.15. The molecule has 108 valence electrons. The van der Waals surface area contributed by atoms with Crippen LogP contribution in [0.25, 0.3) is 0 Å². The van der Waals surface area contributed by atoms with Crippen LogP contribution in [0.3, 0.4) is 0 Å². The summed E-state index contributed by atoms with van der Waals surface area (Å²) < 4.78 is 22.4. The Hall–Kier alpha value is -1.28. The minimum Gasteiger partial charge on any atom is -0.302 e. The highest BCUT2D eigenvalue weighted by Crippen LogP contribution is 2.20. The SMILES string of the molecule is CC(NC(C)c1cscn1)c1ccc(S(N)(=O)=O)cc1. The molecule has 2 unspecified atom stereocenters. The first-order valence-corrected chi connectivity index (χ1v) is 8.63. The van der Waals surface area contributed by atoms with E-state index in [1.807, 2.05) is 19.2 Å². The van der Waals surface area contributed by atoms with Crippen LogP contribution in [0.2, 0.25) is 0 Å². The van der Waals surface area contributed by atoms with Crippen LogP contribution in [0.1, 0.15) is 37.2 Å². The van der Waals surface area contributed by atoms with Gasteiger partial charge in [-0.25, -0.2) is 18.5 Å². The van der Waals surface area contributed by atoms with E-state index in [4.69, 9.17) is 5.14 Å². The summed E-state index contributed by atoms with van der Waals surface area (Å²) in [6, 6.07) is 6.80. The van der Waals surface area contributed by atoms with E-state index >= 15 is 0 Å².